The minimum atomic E-state index is 0.158. The van der Waals surface area contributed by atoms with E-state index in [4.69, 9.17) is 5.26 Å². The van der Waals surface area contributed by atoms with Crippen LogP contribution < -0.4 is 5.32 Å². The van der Waals surface area contributed by atoms with Crippen LogP contribution in [0, 0.1) is 11.3 Å². The lowest BCUT2D eigenvalue weighted by Crippen LogP contribution is -2.38. The second-order valence-corrected chi connectivity index (χ2v) is 5.96. The van der Waals surface area contributed by atoms with Crippen molar-refractivity contribution in [1.29, 1.82) is 5.26 Å². The van der Waals surface area contributed by atoms with Gasteiger partial charge in [0.25, 0.3) is 0 Å². The minimum Gasteiger partial charge on any atom is -0.308 e. The molecule has 0 bridgehead atoms. The predicted molar refractivity (Wildman–Crippen MR) is 81.2 cm³/mol. The molecule has 2 rings (SSSR count). The molecule has 0 radical (unpaired) electrons. The molecule has 4 heteroatoms. The highest BCUT2D eigenvalue weighted by Crippen LogP contribution is 2.15. The first-order chi connectivity index (χ1) is 9.40. The Morgan fingerprint density at radius 1 is 1.26 bits per heavy atom. The molecule has 1 aromatic carbocycles. The summed E-state index contributed by atoms with van der Waals surface area (Å²) in [5.41, 5.74) is 1.21. The fraction of sp³-hybridized carbons (Fsp3) is 0.533. The van der Waals surface area contributed by atoms with Crippen molar-refractivity contribution in [1.82, 2.24) is 10.2 Å². The highest BCUT2D eigenvalue weighted by molar-refractivity contribution is 7.99. The van der Waals surface area contributed by atoms with Gasteiger partial charge in [0.05, 0.1) is 12.5 Å². The molecule has 0 spiro atoms. The van der Waals surface area contributed by atoms with Crippen molar-refractivity contribution in [3.8, 4) is 6.07 Å². The van der Waals surface area contributed by atoms with Gasteiger partial charge in [0.15, 0.2) is 0 Å². The molecule has 1 atom stereocenters. The van der Waals surface area contributed by atoms with Gasteiger partial charge < -0.3 is 10.2 Å². The first kappa shape index (κ1) is 14.4. The van der Waals surface area contributed by atoms with Gasteiger partial charge in [-0.1, -0.05) is 30.3 Å². The zero-order chi connectivity index (χ0) is 13.3. The normalized spacial score (nSPS) is 17.8. The molecule has 19 heavy (non-hydrogen) atoms. The SMILES string of the molecule is N#CCC(NCCN1CCSCC1)c1ccccc1. The van der Waals surface area contributed by atoms with Gasteiger partial charge in [-0.3, -0.25) is 0 Å². The molecule has 1 N–H and O–H groups in total. The van der Waals surface area contributed by atoms with E-state index in [0.29, 0.717) is 6.42 Å². The average Bonchev–Trinajstić information content (AvgIpc) is 2.48. The van der Waals surface area contributed by atoms with Crippen molar-refractivity contribution in [2.75, 3.05) is 37.7 Å². The fourth-order valence-electron chi connectivity index (χ4n) is 2.31. The lowest BCUT2D eigenvalue weighted by molar-refractivity contribution is 0.295. The van der Waals surface area contributed by atoms with Crippen LogP contribution in [0.2, 0.25) is 0 Å². The average molecular weight is 275 g/mol. The number of nitrogens with zero attached hydrogens (tertiary/aromatic N) is 2. The maximum Gasteiger partial charge on any atom is 0.0641 e. The summed E-state index contributed by atoms with van der Waals surface area (Å²) >= 11 is 2.04. The quantitative estimate of drug-likeness (QED) is 0.864. The number of nitriles is 1. The maximum atomic E-state index is 8.94. The molecule has 1 aliphatic rings. The highest BCUT2D eigenvalue weighted by atomic mass is 32.2. The molecule has 102 valence electrons. The predicted octanol–water partition coefficient (Wildman–Crippen LogP) is 2.28. The lowest BCUT2D eigenvalue weighted by atomic mass is 10.0. The summed E-state index contributed by atoms with van der Waals surface area (Å²) in [6.45, 7) is 4.42. The second-order valence-electron chi connectivity index (χ2n) is 4.73. The second kappa shape index (κ2) is 8.21. The summed E-state index contributed by atoms with van der Waals surface area (Å²) in [5.74, 6) is 2.50. The molecule has 0 amide bonds. The Bertz CT molecular complexity index is 396. The Balaban J connectivity index is 1.79. The standard InChI is InChI=1S/C15H21N3S/c16-7-6-15(14-4-2-1-3-5-14)17-8-9-18-10-12-19-13-11-18/h1-5,15,17H,6,8-13H2. The van der Waals surface area contributed by atoms with Crippen LogP contribution in [0.25, 0.3) is 0 Å². The lowest BCUT2D eigenvalue weighted by Gasteiger charge is -2.27. The summed E-state index contributed by atoms with van der Waals surface area (Å²) in [6.07, 6.45) is 0.528. The molecule has 3 nitrogen and oxygen atoms in total. The van der Waals surface area contributed by atoms with Gasteiger partial charge in [-0.25, -0.2) is 0 Å². The van der Waals surface area contributed by atoms with E-state index < -0.39 is 0 Å². The molecule has 0 aliphatic carbocycles. The van der Waals surface area contributed by atoms with Gasteiger partial charge in [0, 0.05) is 43.7 Å². The molecular formula is C15H21N3S. The summed E-state index contributed by atoms with van der Waals surface area (Å²) in [6, 6.07) is 12.7. The van der Waals surface area contributed by atoms with Gasteiger partial charge >= 0.3 is 0 Å². The molecule has 0 saturated carbocycles. The fourth-order valence-corrected chi connectivity index (χ4v) is 3.28. The Hall–Kier alpha value is -1.02. The number of hydrogen-bond donors (Lipinski definition) is 1. The zero-order valence-electron chi connectivity index (χ0n) is 11.2. The van der Waals surface area contributed by atoms with Crippen LogP contribution in [0.5, 0.6) is 0 Å². The smallest absolute Gasteiger partial charge is 0.0641 e. The molecule has 1 unspecified atom stereocenters. The van der Waals surface area contributed by atoms with Crippen LogP contribution in [0.4, 0.5) is 0 Å². The summed E-state index contributed by atoms with van der Waals surface area (Å²) < 4.78 is 0. The first-order valence-corrected chi connectivity index (χ1v) is 8.01. The first-order valence-electron chi connectivity index (χ1n) is 6.85. The summed E-state index contributed by atoms with van der Waals surface area (Å²) in [4.78, 5) is 2.50. The van der Waals surface area contributed by atoms with E-state index in [1.165, 1.54) is 30.2 Å². The van der Waals surface area contributed by atoms with Gasteiger partial charge in [-0.2, -0.15) is 17.0 Å². The van der Waals surface area contributed by atoms with E-state index in [-0.39, 0.29) is 6.04 Å². The van der Waals surface area contributed by atoms with Crippen LogP contribution >= 0.6 is 11.8 Å². The van der Waals surface area contributed by atoms with E-state index in [1.54, 1.807) is 0 Å². The van der Waals surface area contributed by atoms with Crippen molar-refractivity contribution in [2.24, 2.45) is 0 Å². The maximum absolute atomic E-state index is 8.94. The number of hydrogen-bond acceptors (Lipinski definition) is 4. The third-order valence-corrected chi connectivity index (χ3v) is 4.36. The van der Waals surface area contributed by atoms with E-state index in [1.807, 2.05) is 30.0 Å². The Labute approximate surface area is 120 Å². The number of benzene rings is 1. The van der Waals surface area contributed by atoms with Crippen LogP contribution in [0.1, 0.15) is 18.0 Å². The van der Waals surface area contributed by atoms with Gasteiger partial charge in [0.1, 0.15) is 0 Å². The largest absolute Gasteiger partial charge is 0.308 e. The van der Waals surface area contributed by atoms with Crippen molar-refractivity contribution in [3.63, 3.8) is 0 Å². The van der Waals surface area contributed by atoms with Crippen molar-refractivity contribution in [2.45, 2.75) is 12.5 Å². The highest BCUT2D eigenvalue weighted by Gasteiger charge is 2.12. The minimum absolute atomic E-state index is 0.158. The van der Waals surface area contributed by atoms with Crippen LogP contribution in [-0.2, 0) is 0 Å². The number of nitrogens with one attached hydrogen (secondary N) is 1. The topological polar surface area (TPSA) is 39.1 Å². The molecule has 1 heterocycles. The Morgan fingerprint density at radius 2 is 2.00 bits per heavy atom. The van der Waals surface area contributed by atoms with Crippen molar-refractivity contribution < 1.29 is 0 Å². The van der Waals surface area contributed by atoms with Crippen LogP contribution in [0.15, 0.2) is 30.3 Å². The van der Waals surface area contributed by atoms with E-state index in [2.05, 4.69) is 28.4 Å². The van der Waals surface area contributed by atoms with Crippen LogP contribution in [-0.4, -0.2) is 42.6 Å². The van der Waals surface area contributed by atoms with E-state index >= 15 is 0 Å². The molecule has 1 aliphatic heterocycles. The Morgan fingerprint density at radius 3 is 2.68 bits per heavy atom. The summed E-state index contributed by atoms with van der Waals surface area (Å²) in [7, 11) is 0. The van der Waals surface area contributed by atoms with Crippen LogP contribution in [0.3, 0.4) is 0 Å². The molecule has 1 aromatic rings. The summed E-state index contributed by atoms with van der Waals surface area (Å²) in [5, 5.41) is 12.5. The van der Waals surface area contributed by atoms with Gasteiger partial charge in [0.2, 0.25) is 0 Å². The Kier molecular flexibility index (Phi) is 6.22. The molecular weight excluding hydrogens is 254 g/mol. The number of thioether (sulfide) groups is 1. The van der Waals surface area contributed by atoms with Gasteiger partial charge in [-0.05, 0) is 5.56 Å². The molecule has 1 saturated heterocycles. The molecule has 0 aromatic heterocycles. The van der Waals surface area contributed by atoms with Gasteiger partial charge in [-0.15, -0.1) is 0 Å². The third kappa shape index (κ3) is 4.87. The van der Waals surface area contributed by atoms with Crippen molar-refractivity contribution >= 4 is 11.8 Å². The van der Waals surface area contributed by atoms with E-state index in [0.717, 1.165) is 13.1 Å². The third-order valence-electron chi connectivity index (χ3n) is 3.42. The number of rotatable bonds is 6. The van der Waals surface area contributed by atoms with E-state index in [9.17, 15) is 0 Å². The van der Waals surface area contributed by atoms with Crippen molar-refractivity contribution in [3.05, 3.63) is 35.9 Å². The monoisotopic (exact) mass is 275 g/mol. The molecule has 1 fully saturated rings. The zero-order valence-corrected chi connectivity index (χ0v) is 12.0.